The van der Waals surface area contributed by atoms with E-state index in [4.69, 9.17) is 5.11 Å². The van der Waals surface area contributed by atoms with Crippen LogP contribution >= 0.6 is 11.3 Å². The van der Waals surface area contributed by atoms with Crippen molar-refractivity contribution in [2.75, 3.05) is 0 Å². The summed E-state index contributed by atoms with van der Waals surface area (Å²) in [6.07, 6.45) is -4.45. The van der Waals surface area contributed by atoms with E-state index >= 15 is 0 Å². The van der Waals surface area contributed by atoms with Gasteiger partial charge in [-0.1, -0.05) is 0 Å². The summed E-state index contributed by atoms with van der Waals surface area (Å²) in [6, 6.07) is 3.11. The van der Waals surface area contributed by atoms with Gasteiger partial charge in [-0.2, -0.15) is 13.2 Å². The third-order valence-corrected chi connectivity index (χ3v) is 3.09. The van der Waals surface area contributed by atoms with E-state index in [1.807, 2.05) is 0 Å². The first-order valence-corrected chi connectivity index (χ1v) is 5.09. The number of rotatable bonds is 1. The monoisotopic (exact) mass is 246 g/mol. The van der Waals surface area contributed by atoms with Gasteiger partial charge < -0.3 is 5.11 Å². The van der Waals surface area contributed by atoms with Crippen molar-refractivity contribution in [2.45, 2.75) is 6.18 Å². The maximum absolute atomic E-state index is 12.4. The van der Waals surface area contributed by atoms with Crippen molar-refractivity contribution in [1.29, 1.82) is 0 Å². The maximum Gasteiger partial charge on any atom is 0.416 e. The van der Waals surface area contributed by atoms with Crippen LogP contribution in [0.3, 0.4) is 0 Å². The average Bonchev–Trinajstić information content (AvgIpc) is 2.58. The highest BCUT2D eigenvalue weighted by atomic mass is 32.1. The summed E-state index contributed by atoms with van der Waals surface area (Å²) in [5.41, 5.74) is -0.924. The lowest BCUT2D eigenvalue weighted by atomic mass is 10.1. The molecule has 0 radical (unpaired) electrons. The van der Waals surface area contributed by atoms with E-state index in [0.29, 0.717) is 4.70 Å². The number of carboxylic acid groups (broad SMARTS) is 1. The number of hydrogen-bond donors (Lipinski definition) is 1. The van der Waals surface area contributed by atoms with E-state index in [0.717, 1.165) is 23.5 Å². The number of hydrogen-bond acceptors (Lipinski definition) is 2. The van der Waals surface area contributed by atoms with E-state index in [1.165, 1.54) is 11.4 Å². The fraction of sp³-hybridized carbons (Fsp3) is 0.100. The van der Waals surface area contributed by atoms with E-state index in [1.54, 1.807) is 0 Å². The first-order valence-electron chi connectivity index (χ1n) is 4.21. The molecule has 0 amide bonds. The predicted molar refractivity (Wildman–Crippen MR) is 53.8 cm³/mol. The standard InChI is InChI=1S/C10H5F3O2S/c11-10(12,13)5-1-2-8-6(3-5)7(4-16-8)9(14)15/h1-4H,(H,14,15). The molecule has 0 aliphatic heterocycles. The van der Waals surface area contributed by atoms with Crippen molar-refractivity contribution in [1.82, 2.24) is 0 Å². The van der Waals surface area contributed by atoms with Gasteiger partial charge in [-0.25, -0.2) is 4.79 Å². The van der Waals surface area contributed by atoms with E-state index < -0.39 is 17.7 Å². The Kier molecular flexibility index (Phi) is 2.38. The number of carbonyl (C=O) groups is 1. The summed E-state index contributed by atoms with van der Waals surface area (Å²) in [5, 5.41) is 10.3. The second kappa shape index (κ2) is 3.48. The molecule has 2 nitrogen and oxygen atoms in total. The zero-order valence-electron chi connectivity index (χ0n) is 7.71. The largest absolute Gasteiger partial charge is 0.478 e. The molecule has 2 aromatic rings. The van der Waals surface area contributed by atoms with Crippen molar-refractivity contribution in [3.8, 4) is 0 Å². The minimum atomic E-state index is -4.45. The molecule has 0 saturated heterocycles. The summed E-state index contributed by atoms with van der Waals surface area (Å²) >= 11 is 1.11. The molecular weight excluding hydrogens is 241 g/mol. The van der Waals surface area contributed by atoms with Crippen molar-refractivity contribution < 1.29 is 23.1 Å². The highest BCUT2D eigenvalue weighted by Gasteiger charge is 2.31. The smallest absolute Gasteiger partial charge is 0.416 e. The number of halogens is 3. The molecule has 0 saturated carbocycles. The predicted octanol–water partition coefficient (Wildman–Crippen LogP) is 3.62. The van der Waals surface area contributed by atoms with Gasteiger partial charge in [0.1, 0.15) is 0 Å². The van der Waals surface area contributed by atoms with Gasteiger partial charge in [0.25, 0.3) is 0 Å². The van der Waals surface area contributed by atoms with Gasteiger partial charge in [-0.05, 0) is 18.2 Å². The summed E-state index contributed by atoms with van der Waals surface area (Å²) < 4.78 is 37.8. The van der Waals surface area contributed by atoms with Gasteiger partial charge in [0.2, 0.25) is 0 Å². The Labute approximate surface area is 91.9 Å². The Balaban J connectivity index is 2.68. The Morgan fingerprint density at radius 2 is 2.00 bits per heavy atom. The summed E-state index contributed by atoms with van der Waals surface area (Å²) in [4.78, 5) is 10.8. The Morgan fingerprint density at radius 1 is 1.31 bits per heavy atom. The van der Waals surface area contributed by atoms with Crippen LogP contribution in [0.25, 0.3) is 10.1 Å². The Bertz CT molecular complexity index is 557. The quantitative estimate of drug-likeness (QED) is 0.834. The third-order valence-electron chi connectivity index (χ3n) is 2.13. The van der Waals surface area contributed by atoms with Crippen LogP contribution in [0.15, 0.2) is 23.6 Å². The first-order chi connectivity index (χ1) is 7.39. The molecule has 0 spiro atoms. The lowest BCUT2D eigenvalue weighted by molar-refractivity contribution is -0.137. The topological polar surface area (TPSA) is 37.3 Å². The Morgan fingerprint density at radius 3 is 2.56 bits per heavy atom. The molecule has 0 atom stereocenters. The maximum atomic E-state index is 12.4. The lowest BCUT2D eigenvalue weighted by Crippen LogP contribution is -2.04. The fourth-order valence-electron chi connectivity index (χ4n) is 1.37. The fourth-order valence-corrected chi connectivity index (χ4v) is 2.29. The van der Waals surface area contributed by atoms with E-state index in [-0.39, 0.29) is 10.9 Å². The molecule has 6 heteroatoms. The molecule has 0 aliphatic carbocycles. The van der Waals surface area contributed by atoms with E-state index in [9.17, 15) is 18.0 Å². The van der Waals surface area contributed by atoms with Crippen LogP contribution < -0.4 is 0 Å². The molecule has 1 aromatic carbocycles. The van der Waals surface area contributed by atoms with Crippen molar-refractivity contribution in [3.63, 3.8) is 0 Å². The second-order valence-electron chi connectivity index (χ2n) is 3.16. The molecule has 0 aliphatic rings. The first kappa shape index (κ1) is 10.9. The molecule has 84 valence electrons. The molecule has 2 rings (SSSR count). The van der Waals surface area contributed by atoms with Crippen molar-refractivity contribution in [2.24, 2.45) is 0 Å². The van der Waals surface area contributed by atoms with Gasteiger partial charge in [0.05, 0.1) is 11.1 Å². The van der Waals surface area contributed by atoms with Gasteiger partial charge in [0, 0.05) is 15.5 Å². The normalized spacial score (nSPS) is 11.9. The van der Waals surface area contributed by atoms with Gasteiger partial charge in [-0.15, -0.1) is 11.3 Å². The van der Waals surface area contributed by atoms with Crippen LogP contribution in [0.4, 0.5) is 13.2 Å². The van der Waals surface area contributed by atoms with Crippen LogP contribution in [0, 0.1) is 0 Å². The molecule has 0 bridgehead atoms. The lowest BCUT2D eigenvalue weighted by Gasteiger charge is -2.06. The number of thiophene rings is 1. The number of alkyl halides is 3. The molecule has 1 N–H and O–H groups in total. The van der Waals surface area contributed by atoms with Gasteiger partial charge >= 0.3 is 12.1 Å². The van der Waals surface area contributed by atoms with Crippen LogP contribution in [0.2, 0.25) is 0 Å². The minimum absolute atomic E-state index is 0.0916. The van der Waals surface area contributed by atoms with Crippen molar-refractivity contribution >= 4 is 27.4 Å². The van der Waals surface area contributed by atoms with Crippen molar-refractivity contribution in [3.05, 3.63) is 34.7 Å². The highest BCUT2D eigenvalue weighted by Crippen LogP contribution is 2.34. The van der Waals surface area contributed by atoms with Crippen LogP contribution in [0.5, 0.6) is 0 Å². The summed E-state index contributed by atoms with van der Waals surface area (Å²) in [7, 11) is 0. The Hall–Kier alpha value is -1.56. The number of carboxylic acids is 1. The molecule has 0 fully saturated rings. The van der Waals surface area contributed by atoms with Crippen LogP contribution in [0.1, 0.15) is 15.9 Å². The van der Waals surface area contributed by atoms with Crippen LogP contribution in [-0.2, 0) is 6.18 Å². The third kappa shape index (κ3) is 1.76. The molecular formula is C10H5F3O2S. The van der Waals surface area contributed by atoms with Crippen LogP contribution in [-0.4, -0.2) is 11.1 Å². The zero-order chi connectivity index (χ0) is 11.9. The zero-order valence-corrected chi connectivity index (χ0v) is 8.52. The number of fused-ring (bicyclic) bond motifs is 1. The average molecular weight is 246 g/mol. The SMILES string of the molecule is O=C(O)c1csc2ccc(C(F)(F)F)cc12. The van der Waals surface area contributed by atoms with E-state index in [2.05, 4.69) is 0 Å². The summed E-state index contributed by atoms with van der Waals surface area (Å²) in [5.74, 6) is -1.22. The number of aromatic carboxylic acids is 1. The molecule has 16 heavy (non-hydrogen) atoms. The molecule has 1 heterocycles. The highest BCUT2D eigenvalue weighted by molar-refractivity contribution is 7.17. The van der Waals surface area contributed by atoms with Gasteiger partial charge in [0.15, 0.2) is 0 Å². The molecule has 1 aromatic heterocycles. The second-order valence-corrected chi connectivity index (χ2v) is 4.07. The van der Waals surface area contributed by atoms with Gasteiger partial charge in [-0.3, -0.25) is 0 Å². The molecule has 0 unspecified atom stereocenters. The minimum Gasteiger partial charge on any atom is -0.478 e. The summed E-state index contributed by atoms with van der Waals surface area (Å²) in [6.45, 7) is 0. The number of benzene rings is 1.